The third kappa shape index (κ3) is 3.52. The number of hydrogen-bond donors (Lipinski definition) is 1. The van der Waals surface area contributed by atoms with Gasteiger partial charge in [-0.3, -0.25) is 14.9 Å². The first-order valence-corrected chi connectivity index (χ1v) is 8.51. The van der Waals surface area contributed by atoms with Gasteiger partial charge in [0.2, 0.25) is 0 Å². The summed E-state index contributed by atoms with van der Waals surface area (Å²) in [7, 11) is 0. The molecule has 9 heteroatoms. The smallest absolute Gasteiger partial charge is 0.282 e. The number of nitrogens with zero attached hydrogens (tertiary/aromatic N) is 3. The Kier molecular flexibility index (Phi) is 4.72. The van der Waals surface area contributed by atoms with Crippen LogP contribution in [0.4, 0.5) is 11.5 Å². The molecule has 7 nitrogen and oxygen atoms in total. The molecule has 0 spiro atoms. The van der Waals surface area contributed by atoms with Crippen molar-refractivity contribution in [2.75, 3.05) is 5.32 Å². The van der Waals surface area contributed by atoms with E-state index in [0.29, 0.717) is 12.4 Å². The molecule has 2 aromatic heterocycles. The van der Waals surface area contributed by atoms with Crippen molar-refractivity contribution in [2.45, 2.75) is 6.54 Å². The minimum atomic E-state index is -0.574. The molecule has 1 aromatic carbocycles. The molecule has 2 heterocycles. The van der Waals surface area contributed by atoms with Crippen LogP contribution >= 0.6 is 27.3 Å². The first-order chi connectivity index (χ1) is 11.5. The Morgan fingerprint density at radius 2 is 2.17 bits per heavy atom. The molecule has 0 aliphatic heterocycles. The summed E-state index contributed by atoms with van der Waals surface area (Å²) in [6.07, 6.45) is 1.57. The van der Waals surface area contributed by atoms with E-state index in [1.165, 1.54) is 18.2 Å². The molecule has 0 saturated heterocycles. The van der Waals surface area contributed by atoms with Crippen molar-refractivity contribution < 1.29 is 9.72 Å². The number of thiophene rings is 1. The summed E-state index contributed by atoms with van der Waals surface area (Å²) in [6.45, 7) is 0.496. The Bertz CT molecular complexity index is 906. The zero-order valence-electron chi connectivity index (χ0n) is 12.2. The average molecular weight is 407 g/mol. The van der Waals surface area contributed by atoms with E-state index in [0.717, 1.165) is 9.35 Å². The van der Waals surface area contributed by atoms with Crippen molar-refractivity contribution in [3.05, 3.63) is 73.0 Å². The van der Waals surface area contributed by atoms with E-state index in [2.05, 4.69) is 26.3 Å². The van der Waals surface area contributed by atoms with Gasteiger partial charge in [-0.05, 0) is 28.1 Å². The van der Waals surface area contributed by atoms with Gasteiger partial charge in [0, 0.05) is 26.9 Å². The molecule has 24 heavy (non-hydrogen) atoms. The maximum Gasteiger partial charge on any atom is 0.282 e. The SMILES string of the molecule is O=C(Nc1ccnn1Cc1cc(Br)cs1)c1ccccc1[N+](=O)[O-]. The summed E-state index contributed by atoms with van der Waals surface area (Å²) >= 11 is 4.96. The molecule has 1 N–H and O–H groups in total. The van der Waals surface area contributed by atoms with Gasteiger partial charge in [-0.1, -0.05) is 12.1 Å². The van der Waals surface area contributed by atoms with Gasteiger partial charge in [-0.15, -0.1) is 11.3 Å². The Balaban J connectivity index is 1.81. The molecule has 3 aromatic rings. The predicted octanol–water partition coefficient (Wildman–Crippen LogP) is 3.92. The van der Waals surface area contributed by atoms with Gasteiger partial charge in [0.1, 0.15) is 11.4 Å². The number of aromatic nitrogens is 2. The summed E-state index contributed by atoms with van der Waals surface area (Å²) in [5.41, 5.74) is -0.225. The van der Waals surface area contributed by atoms with Gasteiger partial charge in [-0.25, -0.2) is 4.68 Å². The quantitative estimate of drug-likeness (QED) is 0.513. The molecule has 3 rings (SSSR count). The van der Waals surface area contributed by atoms with Gasteiger partial charge in [0.15, 0.2) is 0 Å². The molecule has 0 atom stereocenters. The topological polar surface area (TPSA) is 90.1 Å². The number of para-hydroxylation sites is 1. The molecule has 0 fully saturated rings. The van der Waals surface area contributed by atoms with Crippen molar-refractivity contribution in [2.24, 2.45) is 0 Å². The fourth-order valence-corrected chi connectivity index (χ4v) is 3.59. The summed E-state index contributed by atoms with van der Waals surface area (Å²) in [6, 6.07) is 9.45. The highest BCUT2D eigenvalue weighted by molar-refractivity contribution is 9.10. The zero-order valence-corrected chi connectivity index (χ0v) is 14.6. The minimum Gasteiger partial charge on any atom is -0.307 e. The standard InChI is InChI=1S/C15H11BrN4O3S/c16-10-7-11(24-9-10)8-19-14(5-6-17-19)18-15(21)12-3-1-2-4-13(12)20(22)23/h1-7,9H,8H2,(H,18,21). The normalized spacial score (nSPS) is 10.5. The summed E-state index contributed by atoms with van der Waals surface area (Å²) in [5.74, 6) is -0.0703. The molecule has 0 saturated carbocycles. The van der Waals surface area contributed by atoms with Crippen LogP contribution in [0.25, 0.3) is 0 Å². The number of nitrogens with one attached hydrogen (secondary N) is 1. The van der Waals surface area contributed by atoms with Crippen LogP contribution < -0.4 is 5.32 Å². The van der Waals surface area contributed by atoms with Gasteiger partial charge in [-0.2, -0.15) is 5.10 Å². The number of amides is 1. The van der Waals surface area contributed by atoms with E-state index < -0.39 is 10.8 Å². The number of anilines is 1. The second-order valence-electron chi connectivity index (χ2n) is 4.83. The van der Waals surface area contributed by atoms with E-state index >= 15 is 0 Å². The van der Waals surface area contributed by atoms with Crippen molar-refractivity contribution in [1.82, 2.24) is 9.78 Å². The number of halogens is 1. The summed E-state index contributed by atoms with van der Waals surface area (Å²) < 4.78 is 2.62. The summed E-state index contributed by atoms with van der Waals surface area (Å²) in [5, 5.41) is 19.9. The van der Waals surface area contributed by atoms with E-state index in [1.54, 1.807) is 34.3 Å². The molecule has 0 unspecified atom stereocenters. The molecule has 0 aliphatic carbocycles. The Labute approximate surface area is 149 Å². The maximum atomic E-state index is 12.4. The van der Waals surface area contributed by atoms with Crippen molar-refractivity contribution in [1.29, 1.82) is 0 Å². The van der Waals surface area contributed by atoms with E-state index in [1.807, 2.05) is 11.4 Å². The number of benzene rings is 1. The molecule has 0 aliphatic rings. The van der Waals surface area contributed by atoms with Crippen molar-refractivity contribution >= 4 is 44.7 Å². The lowest BCUT2D eigenvalue weighted by Crippen LogP contribution is -2.17. The molecule has 0 radical (unpaired) electrons. The van der Waals surface area contributed by atoms with Crippen LogP contribution in [0.1, 0.15) is 15.2 Å². The molecular weight excluding hydrogens is 396 g/mol. The lowest BCUT2D eigenvalue weighted by Gasteiger charge is -2.08. The Morgan fingerprint density at radius 3 is 2.88 bits per heavy atom. The van der Waals surface area contributed by atoms with E-state index in [4.69, 9.17) is 0 Å². The van der Waals surface area contributed by atoms with Crippen LogP contribution in [0.3, 0.4) is 0 Å². The first kappa shape index (κ1) is 16.3. The first-order valence-electron chi connectivity index (χ1n) is 6.84. The molecule has 1 amide bonds. The number of rotatable bonds is 5. The lowest BCUT2D eigenvalue weighted by molar-refractivity contribution is -0.385. The Morgan fingerprint density at radius 1 is 1.38 bits per heavy atom. The van der Waals surface area contributed by atoms with Gasteiger partial charge in [0.05, 0.1) is 17.7 Å². The lowest BCUT2D eigenvalue weighted by atomic mass is 10.1. The van der Waals surface area contributed by atoms with Crippen molar-refractivity contribution in [3.63, 3.8) is 0 Å². The number of carbonyl (C=O) groups excluding carboxylic acids is 1. The van der Waals surface area contributed by atoms with E-state index in [-0.39, 0.29) is 11.3 Å². The second kappa shape index (κ2) is 6.93. The number of nitro benzene ring substituents is 1. The number of carbonyl (C=O) groups is 1. The third-order valence-corrected chi connectivity index (χ3v) is 4.91. The van der Waals surface area contributed by atoms with Crippen LogP contribution in [-0.4, -0.2) is 20.6 Å². The molecule has 122 valence electrons. The average Bonchev–Trinajstić information content (AvgIpc) is 3.17. The van der Waals surface area contributed by atoms with Crippen LogP contribution in [0, 0.1) is 10.1 Å². The highest BCUT2D eigenvalue weighted by Crippen LogP contribution is 2.23. The summed E-state index contributed by atoms with van der Waals surface area (Å²) in [4.78, 5) is 23.9. The monoisotopic (exact) mass is 406 g/mol. The zero-order chi connectivity index (χ0) is 17.1. The minimum absolute atomic E-state index is 0.00844. The third-order valence-electron chi connectivity index (χ3n) is 3.23. The largest absolute Gasteiger partial charge is 0.307 e. The second-order valence-corrected chi connectivity index (χ2v) is 6.75. The fourth-order valence-electron chi connectivity index (χ4n) is 2.16. The maximum absolute atomic E-state index is 12.4. The Hall–Kier alpha value is -2.52. The van der Waals surface area contributed by atoms with Gasteiger partial charge >= 0.3 is 0 Å². The highest BCUT2D eigenvalue weighted by atomic mass is 79.9. The van der Waals surface area contributed by atoms with Gasteiger partial charge < -0.3 is 5.32 Å². The molecular formula is C15H11BrN4O3S. The van der Waals surface area contributed by atoms with Crippen LogP contribution in [-0.2, 0) is 6.54 Å². The predicted molar refractivity (Wildman–Crippen MR) is 94.4 cm³/mol. The van der Waals surface area contributed by atoms with Crippen LogP contribution in [0.15, 0.2) is 52.4 Å². The van der Waals surface area contributed by atoms with Gasteiger partial charge in [0.25, 0.3) is 11.6 Å². The highest BCUT2D eigenvalue weighted by Gasteiger charge is 2.20. The van der Waals surface area contributed by atoms with Crippen LogP contribution in [0.2, 0.25) is 0 Å². The number of hydrogen-bond acceptors (Lipinski definition) is 5. The number of nitro groups is 1. The van der Waals surface area contributed by atoms with Crippen LogP contribution in [0.5, 0.6) is 0 Å². The fraction of sp³-hybridized carbons (Fsp3) is 0.0667. The molecule has 0 bridgehead atoms. The van der Waals surface area contributed by atoms with E-state index in [9.17, 15) is 14.9 Å². The van der Waals surface area contributed by atoms with Crippen molar-refractivity contribution in [3.8, 4) is 0 Å².